The second-order valence-corrected chi connectivity index (χ2v) is 11.8. The van der Waals surface area contributed by atoms with Crippen LogP contribution in [0, 0.1) is 5.82 Å². The van der Waals surface area contributed by atoms with E-state index in [4.69, 9.17) is 9.88 Å². The number of aliphatic hydroxyl groups is 1. The lowest BCUT2D eigenvalue weighted by atomic mass is 10.1. The molecule has 0 radical (unpaired) electrons. The summed E-state index contributed by atoms with van der Waals surface area (Å²) in [5, 5.41) is 18.6. The summed E-state index contributed by atoms with van der Waals surface area (Å²) in [6.07, 6.45) is 4.16. The Labute approximate surface area is 245 Å². The molecule has 0 spiro atoms. The number of aromatic nitrogens is 1. The number of aromatic amines is 1. The molecule has 224 valence electrons. The van der Waals surface area contributed by atoms with Gasteiger partial charge in [-0.05, 0) is 71.8 Å². The summed E-state index contributed by atoms with van der Waals surface area (Å²) in [5.74, 6) is -0.493. The Bertz CT molecular complexity index is 1560. The zero-order valence-corrected chi connectivity index (χ0v) is 24.2. The van der Waals surface area contributed by atoms with Crippen molar-refractivity contribution in [1.82, 2.24) is 15.2 Å². The summed E-state index contributed by atoms with van der Waals surface area (Å²) in [6.45, 7) is 2.64. The molecular formula is C31H37FN4O5S. The topological polar surface area (TPSA) is 138 Å². The number of rotatable bonds is 16. The number of amides is 1. The number of aryl methyl sites for hydroxylation is 1. The van der Waals surface area contributed by atoms with Gasteiger partial charge in [0.25, 0.3) is 0 Å². The van der Waals surface area contributed by atoms with E-state index < -0.39 is 10.0 Å². The number of fused-ring (bicyclic) bond motifs is 1. The van der Waals surface area contributed by atoms with Gasteiger partial charge < -0.3 is 20.1 Å². The molecule has 1 aromatic heterocycles. The molecule has 9 nitrogen and oxygen atoms in total. The van der Waals surface area contributed by atoms with Crippen LogP contribution in [-0.2, 0) is 45.5 Å². The van der Waals surface area contributed by atoms with Gasteiger partial charge in [0.15, 0.2) is 0 Å². The van der Waals surface area contributed by atoms with E-state index in [-0.39, 0.29) is 36.4 Å². The Morgan fingerprint density at radius 2 is 1.69 bits per heavy atom. The smallest absolute Gasteiger partial charge is 0.246 e. The number of halogens is 1. The molecule has 1 amide bonds. The lowest BCUT2D eigenvalue weighted by molar-refractivity contribution is -0.126. The Hall–Kier alpha value is -3.61. The van der Waals surface area contributed by atoms with E-state index in [0.717, 1.165) is 40.4 Å². The van der Waals surface area contributed by atoms with Crippen LogP contribution in [0.15, 0.2) is 77.8 Å². The van der Waals surface area contributed by atoms with Gasteiger partial charge in [-0.2, -0.15) is 0 Å². The molecule has 4 rings (SSSR count). The predicted molar refractivity (Wildman–Crippen MR) is 160 cm³/mol. The highest BCUT2D eigenvalue weighted by Crippen LogP contribution is 2.22. The van der Waals surface area contributed by atoms with Gasteiger partial charge in [-0.3, -0.25) is 9.69 Å². The summed E-state index contributed by atoms with van der Waals surface area (Å²) in [5.41, 5.74) is 4.92. The fourth-order valence-electron chi connectivity index (χ4n) is 4.71. The molecule has 4 aromatic rings. The van der Waals surface area contributed by atoms with Crippen molar-refractivity contribution in [3.05, 3.63) is 101 Å². The summed E-state index contributed by atoms with van der Waals surface area (Å²) in [6, 6.07) is 19.1. The van der Waals surface area contributed by atoms with Crippen LogP contribution in [0.3, 0.4) is 0 Å². The number of hydrogen-bond donors (Lipinski definition) is 4. The van der Waals surface area contributed by atoms with Gasteiger partial charge in [0.2, 0.25) is 15.9 Å². The third-order valence-electron chi connectivity index (χ3n) is 6.99. The zero-order valence-electron chi connectivity index (χ0n) is 23.4. The first kappa shape index (κ1) is 31.3. The first-order valence-corrected chi connectivity index (χ1v) is 15.4. The second-order valence-electron chi connectivity index (χ2n) is 10.2. The van der Waals surface area contributed by atoms with Crippen LogP contribution < -0.4 is 10.5 Å². The number of sulfonamides is 1. The summed E-state index contributed by atoms with van der Waals surface area (Å²) in [7, 11) is -3.79. The molecule has 0 aliphatic rings. The van der Waals surface area contributed by atoms with Crippen LogP contribution in [-0.4, -0.2) is 62.2 Å². The SMILES string of the molecule is NS(=O)(=O)c1ccc2[nH]cc(CCN(CCO)Cc3ccc(CCCNC(=O)COCc4ccc(F)cc4)cc3)c2c1. The van der Waals surface area contributed by atoms with Gasteiger partial charge in [0.05, 0.1) is 18.1 Å². The maximum Gasteiger partial charge on any atom is 0.246 e. The maximum atomic E-state index is 12.9. The fourth-order valence-corrected chi connectivity index (χ4v) is 5.25. The number of nitrogens with zero attached hydrogens (tertiary/aromatic N) is 1. The number of hydrogen-bond acceptors (Lipinski definition) is 6. The van der Waals surface area contributed by atoms with E-state index in [1.807, 2.05) is 6.20 Å². The lowest BCUT2D eigenvalue weighted by Crippen LogP contribution is -2.29. The molecule has 0 fully saturated rings. The van der Waals surface area contributed by atoms with Crippen molar-refractivity contribution in [3.8, 4) is 0 Å². The molecule has 0 atom stereocenters. The molecule has 0 saturated heterocycles. The number of H-pyrrole nitrogens is 1. The van der Waals surface area contributed by atoms with Gasteiger partial charge in [-0.25, -0.2) is 17.9 Å². The summed E-state index contributed by atoms with van der Waals surface area (Å²) >= 11 is 0. The summed E-state index contributed by atoms with van der Waals surface area (Å²) < 4.78 is 41.9. The molecule has 11 heteroatoms. The van der Waals surface area contributed by atoms with Crippen LogP contribution in [0.4, 0.5) is 4.39 Å². The van der Waals surface area contributed by atoms with E-state index in [1.54, 1.807) is 24.3 Å². The largest absolute Gasteiger partial charge is 0.395 e. The number of nitrogens with one attached hydrogen (secondary N) is 2. The minimum absolute atomic E-state index is 0.0323. The molecule has 0 bridgehead atoms. The highest BCUT2D eigenvalue weighted by molar-refractivity contribution is 7.89. The van der Waals surface area contributed by atoms with E-state index in [2.05, 4.69) is 39.5 Å². The number of carbonyl (C=O) groups excluding carboxylic acids is 1. The van der Waals surface area contributed by atoms with Crippen molar-refractivity contribution in [2.75, 3.05) is 32.8 Å². The Morgan fingerprint density at radius 3 is 2.40 bits per heavy atom. The van der Waals surface area contributed by atoms with Crippen molar-refractivity contribution < 1.29 is 27.4 Å². The number of benzene rings is 3. The van der Waals surface area contributed by atoms with Crippen LogP contribution in [0.25, 0.3) is 10.9 Å². The van der Waals surface area contributed by atoms with Gasteiger partial charge in [-0.15, -0.1) is 0 Å². The number of aliphatic hydroxyl groups excluding tert-OH is 1. The Morgan fingerprint density at radius 1 is 0.976 bits per heavy atom. The zero-order chi connectivity index (χ0) is 30.0. The average molecular weight is 597 g/mol. The van der Waals surface area contributed by atoms with Crippen LogP contribution in [0.5, 0.6) is 0 Å². The number of nitrogens with two attached hydrogens (primary N) is 1. The standard InChI is InChI=1S/C31H37FN4O5S/c32-27-9-7-25(8-10-27)21-41-22-31(38)34-14-1-2-23-3-5-24(6-4-23)20-36(16-17-37)15-13-26-19-35-30-12-11-28(18-29(26)30)42(33,39)40/h3-12,18-19,35,37H,1-2,13-17,20-22H2,(H,34,38)(H2,33,39,40). The highest BCUT2D eigenvalue weighted by atomic mass is 32.2. The lowest BCUT2D eigenvalue weighted by Gasteiger charge is -2.21. The monoisotopic (exact) mass is 596 g/mol. The predicted octanol–water partition coefficient (Wildman–Crippen LogP) is 3.26. The molecular weight excluding hydrogens is 559 g/mol. The summed E-state index contributed by atoms with van der Waals surface area (Å²) in [4.78, 5) is 17.4. The van der Waals surface area contributed by atoms with Gasteiger partial charge in [-0.1, -0.05) is 36.4 Å². The molecule has 1 heterocycles. The Balaban J connectivity index is 1.19. The maximum absolute atomic E-state index is 12.9. The van der Waals surface area contributed by atoms with Crippen LogP contribution >= 0.6 is 0 Å². The fraction of sp³-hybridized carbons (Fsp3) is 0.323. The van der Waals surface area contributed by atoms with Crippen LogP contribution in [0.1, 0.15) is 28.7 Å². The van der Waals surface area contributed by atoms with Crippen molar-refractivity contribution in [2.45, 2.75) is 37.3 Å². The van der Waals surface area contributed by atoms with Crippen molar-refractivity contribution in [1.29, 1.82) is 0 Å². The minimum Gasteiger partial charge on any atom is -0.395 e. The first-order valence-electron chi connectivity index (χ1n) is 13.8. The van der Waals surface area contributed by atoms with E-state index in [1.165, 1.54) is 23.8 Å². The van der Waals surface area contributed by atoms with E-state index >= 15 is 0 Å². The van der Waals surface area contributed by atoms with Crippen molar-refractivity contribution >= 4 is 26.8 Å². The van der Waals surface area contributed by atoms with Crippen LogP contribution in [0.2, 0.25) is 0 Å². The third kappa shape index (κ3) is 9.47. The minimum atomic E-state index is -3.79. The van der Waals surface area contributed by atoms with E-state index in [0.29, 0.717) is 32.6 Å². The van der Waals surface area contributed by atoms with Crippen molar-refractivity contribution in [3.63, 3.8) is 0 Å². The molecule has 42 heavy (non-hydrogen) atoms. The molecule has 3 aromatic carbocycles. The average Bonchev–Trinajstić information content (AvgIpc) is 3.38. The molecule has 5 N–H and O–H groups in total. The van der Waals surface area contributed by atoms with Gasteiger partial charge in [0.1, 0.15) is 12.4 Å². The molecule has 0 aliphatic heterocycles. The molecule has 0 unspecified atom stereocenters. The quantitative estimate of drug-likeness (QED) is 0.147. The van der Waals surface area contributed by atoms with E-state index in [9.17, 15) is 22.7 Å². The van der Waals surface area contributed by atoms with Gasteiger partial charge >= 0.3 is 0 Å². The molecule has 0 aliphatic carbocycles. The highest BCUT2D eigenvalue weighted by Gasteiger charge is 2.13. The normalized spacial score (nSPS) is 11.8. The second kappa shape index (κ2) is 15.0. The third-order valence-corrected chi connectivity index (χ3v) is 7.90. The number of carbonyl (C=O) groups is 1. The molecule has 0 saturated carbocycles. The Kier molecular flexibility index (Phi) is 11.2. The van der Waals surface area contributed by atoms with Crippen molar-refractivity contribution in [2.24, 2.45) is 5.14 Å². The first-order chi connectivity index (χ1) is 20.2. The number of primary sulfonamides is 1. The number of ether oxygens (including phenoxy) is 1. The van der Waals surface area contributed by atoms with Gasteiger partial charge in [0, 0.05) is 43.3 Å².